The number of hydrogen-bond acceptors (Lipinski definition) is 2. The van der Waals surface area contributed by atoms with E-state index in [0.717, 1.165) is 17.2 Å². The molecule has 4 N–H and O–H groups in total. The SMILES string of the molecule is CCC[C@H]1CC[C@H](c2ccc(-c3ccccc3)n2CC(=O)NC(=N)N)CC1. The third-order valence-corrected chi connectivity index (χ3v) is 5.62. The van der Waals surface area contributed by atoms with Crippen molar-refractivity contribution in [3.63, 3.8) is 0 Å². The summed E-state index contributed by atoms with van der Waals surface area (Å²) in [5.74, 6) is 0.775. The van der Waals surface area contributed by atoms with Crippen molar-refractivity contribution in [3.8, 4) is 11.3 Å². The molecular weight excluding hydrogens is 336 g/mol. The average molecular weight is 367 g/mol. The highest BCUT2D eigenvalue weighted by molar-refractivity contribution is 5.94. The zero-order valence-corrected chi connectivity index (χ0v) is 16.1. The summed E-state index contributed by atoms with van der Waals surface area (Å²) in [4.78, 5) is 12.3. The second kappa shape index (κ2) is 8.89. The maximum atomic E-state index is 12.3. The van der Waals surface area contributed by atoms with E-state index in [-0.39, 0.29) is 18.4 Å². The fourth-order valence-electron chi connectivity index (χ4n) is 4.37. The van der Waals surface area contributed by atoms with Crippen LogP contribution in [0.15, 0.2) is 42.5 Å². The topological polar surface area (TPSA) is 83.9 Å². The van der Waals surface area contributed by atoms with Crippen molar-refractivity contribution >= 4 is 11.9 Å². The third kappa shape index (κ3) is 4.79. The first kappa shape index (κ1) is 19.2. The molecular formula is C22H30N4O. The van der Waals surface area contributed by atoms with Crippen molar-refractivity contribution in [2.75, 3.05) is 0 Å². The van der Waals surface area contributed by atoms with Gasteiger partial charge in [-0.25, -0.2) is 0 Å². The fraction of sp³-hybridized carbons (Fsp3) is 0.455. The fourth-order valence-corrected chi connectivity index (χ4v) is 4.37. The molecule has 1 aliphatic carbocycles. The molecule has 0 aliphatic heterocycles. The Bertz CT molecular complexity index is 773. The van der Waals surface area contributed by atoms with Gasteiger partial charge in [-0.3, -0.25) is 15.5 Å². The standard InChI is InChI=1S/C22H30N4O/c1-2-6-16-9-11-18(12-10-16)20-14-13-19(17-7-4-3-5-8-17)26(20)15-21(27)25-22(23)24/h3-5,7-8,13-14,16,18H,2,6,9-12,15H2,1H3,(H4,23,24,25,27)/t16-,18-. The molecule has 1 fully saturated rings. The van der Waals surface area contributed by atoms with Gasteiger partial charge < -0.3 is 10.3 Å². The number of hydrogen-bond donors (Lipinski definition) is 3. The van der Waals surface area contributed by atoms with Crippen molar-refractivity contribution in [2.45, 2.75) is 57.9 Å². The van der Waals surface area contributed by atoms with Crippen LogP contribution in [-0.4, -0.2) is 16.4 Å². The quantitative estimate of drug-likeness (QED) is 0.528. The normalized spacial score (nSPS) is 19.6. The number of nitrogens with zero attached hydrogens (tertiary/aromatic N) is 1. The molecule has 1 aromatic heterocycles. The van der Waals surface area contributed by atoms with Crippen LogP contribution in [0.3, 0.4) is 0 Å². The summed E-state index contributed by atoms with van der Waals surface area (Å²) in [6.07, 6.45) is 7.47. The first-order chi connectivity index (χ1) is 13.1. The predicted molar refractivity (Wildman–Crippen MR) is 110 cm³/mol. The van der Waals surface area contributed by atoms with Crippen LogP contribution < -0.4 is 11.1 Å². The van der Waals surface area contributed by atoms with Crippen LogP contribution in [0.2, 0.25) is 0 Å². The van der Waals surface area contributed by atoms with Crippen molar-refractivity contribution in [1.29, 1.82) is 5.41 Å². The molecule has 27 heavy (non-hydrogen) atoms. The van der Waals surface area contributed by atoms with Crippen LogP contribution in [0.5, 0.6) is 0 Å². The van der Waals surface area contributed by atoms with E-state index in [1.54, 1.807) is 0 Å². The third-order valence-electron chi connectivity index (χ3n) is 5.62. The molecule has 0 unspecified atom stereocenters. The molecule has 144 valence electrons. The van der Waals surface area contributed by atoms with E-state index in [2.05, 4.69) is 41.1 Å². The Balaban J connectivity index is 1.86. The van der Waals surface area contributed by atoms with Gasteiger partial charge in [0, 0.05) is 11.4 Å². The van der Waals surface area contributed by atoms with Crippen LogP contribution in [0.1, 0.15) is 57.1 Å². The molecule has 0 saturated heterocycles. The smallest absolute Gasteiger partial charge is 0.246 e. The van der Waals surface area contributed by atoms with Gasteiger partial charge in [0.25, 0.3) is 0 Å². The molecule has 3 rings (SSSR count). The maximum absolute atomic E-state index is 12.3. The van der Waals surface area contributed by atoms with Gasteiger partial charge in [-0.2, -0.15) is 0 Å². The molecule has 1 amide bonds. The highest BCUT2D eigenvalue weighted by Crippen LogP contribution is 2.39. The van der Waals surface area contributed by atoms with Crippen LogP contribution in [-0.2, 0) is 11.3 Å². The zero-order chi connectivity index (χ0) is 19.2. The van der Waals surface area contributed by atoms with Crippen molar-refractivity contribution in [1.82, 2.24) is 9.88 Å². The molecule has 5 heteroatoms. The highest BCUT2D eigenvalue weighted by Gasteiger charge is 2.25. The van der Waals surface area contributed by atoms with Crippen LogP contribution in [0, 0.1) is 11.3 Å². The number of amides is 1. The van der Waals surface area contributed by atoms with E-state index in [4.69, 9.17) is 11.1 Å². The van der Waals surface area contributed by atoms with Gasteiger partial charge in [0.1, 0.15) is 6.54 Å². The van der Waals surface area contributed by atoms with Crippen molar-refractivity contribution in [3.05, 3.63) is 48.2 Å². The second-order valence-corrected chi connectivity index (χ2v) is 7.56. The first-order valence-corrected chi connectivity index (χ1v) is 9.97. The van der Waals surface area contributed by atoms with E-state index in [9.17, 15) is 4.79 Å². The number of carbonyl (C=O) groups is 1. The van der Waals surface area contributed by atoms with Crippen LogP contribution in [0.4, 0.5) is 0 Å². The van der Waals surface area contributed by atoms with Crippen molar-refractivity contribution < 1.29 is 4.79 Å². The number of aromatic nitrogens is 1. The van der Waals surface area contributed by atoms with E-state index in [1.807, 2.05) is 18.2 Å². The lowest BCUT2D eigenvalue weighted by atomic mass is 9.79. The van der Waals surface area contributed by atoms with Gasteiger partial charge in [-0.05, 0) is 55.2 Å². The molecule has 2 aromatic rings. The molecule has 1 aromatic carbocycles. The molecule has 0 bridgehead atoms. The summed E-state index contributed by atoms with van der Waals surface area (Å²) >= 11 is 0. The highest BCUT2D eigenvalue weighted by atomic mass is 16.2. The van der Waals surface area contributed by atoms with E-state index < -0.39 is 0 Å². The molecule has 0 radical (unpaired) electrons. The van der Waals surface area contributed by atoms with Gasteiger partial charge >= 0.3 is 0 Å². The lowest BCUT2D eigenvalue weighted by molar-refractivity contribution is -0.120. The minimum absolute atomic E-state index is 0.182. The summed E-state index contributed by atoms with van der Waals surface area (Å²) in [5.41, 5.74) is 8.70. The Hall–Kier alpha value is -2.56. The number of carbonyl (C=O) groups excluding carboxylic acids is 1. The molecule has 1 aliphatic rings. The first-order valence-electron chi connectivity index (χ1n) is 9.97. The Morgan fingerprint density at radius 3 is 2.48 bits per heavy atom. The Morgan fingerprint density at radius 2 is 1.85 bits per heavy atom. The van der Waals surface area contributed by atoms with E-state index in [0.29, 0.717) is 5.92 Å². The number of rotatable bonds is 6. The average Bonchev–Trinajstić information content (AvgIpc) is 3.06. The number of nitrogens with two attached hydrogens (primary N) is 1. The van der Waals surface area contributed by atoms with E-state index >= 15 is 0 Å². The molecule has 1 saturated carbocycles. The number of benzene rings is 1. The van der Waals surface area contributed by atoms with Gasteiger partial charge in [-0.15, -0.1) is 0 Å². The summed E-state index contributed by atoms with van der Waals surface area (Å²) in [6, 6.07) is 14.4. The maximum Gasteiger partial charge on any atom is 0.246 e. The Kier molecular flexibility index (Phi) is 6.32. The Morgan fingerprint density at radius 1 is 1.15 bits per heavy atom. The lowest BCUT2D eigenvalue weighted by Crippen LogP contribution is -2.38. The van der Waals surface area contributed by atoms with Gasteiger partial charge in [-0.1, -0.05) is 50.1 Å². The molecule has 0 atom stereocenters. The summed E-state index contributed by atoms with van der Waals surface area (Å²) in [6.45, 7) is 2.44. The lowest BCUT2D eigenvalue weighted by Gasteiger charge is -2.29. The largest absolute Gasteiger partial charge is 0.370 e. The van der Waals surface area contributed by atoms with Crippen molar-refractivity contribution in [2.24, 2.45) is 11.7 Å². The molecule has 0 spiro atoms. The summed E-state index contributed by atoms with van der Waals surface area (Å²) < 4.78 is 2.11. The number of guanidine groups is 1. The zero-order valence-electron chi connectivity index (χ0n) is 16.1. The Labute approximate surface area is 161 Å². The predicted octanol–water partition coefficient (Wildman–Crippen LogP) is 4.24. The van der Waals surface area contributed by atoms with Crippen LogP contribution >= 0.6 is 0 Å². The van der Waals surface area contributed by atoms with Gasteiger partial charge in [0.05, 0.1) is 0 Å². The van der Waals surface area contributed by atoms with Crippen LogP contribution in [0.25, 0.3) is 11.3 Å². The van der Waals surface area contributed by atoms with Gasteiger partial charge in [0.2, 0.25) is 5.91 Å². The monoisotopic (exact) mass is 366 g/mol. The number of nitrogens with one attached hydrogen (secondary N) is 2. The minimum atomic E-state index is -0.310. The van der Waals surface area contributed by atoms with E-state index in [1.165, 1.54) is 44.2 Å². The summed E-state index contributed by atoms with van der Waals surface area (Å²) in [5, 5.41) is 9.73. The van der Waals surface area contributed by atoms with Gasteiger partial charge in [0.15, 0.2) is 5.96 Å². The summed E-state index contributed by atoms with van der Waals surface area (Å²) in [7, 11) is 0. The molecule has 5 nitrogen and oxygen atoms in total. The molecule has 1 heterocycles. The second-order valence-electron chi connectivity index (χ2n) is 7.56. The minimum Gasteiger partial charge on any atom is -0.370 e.